The maximum Gasteiger partial charge on any atom is 0.305 e. The molecular weight excluding hydrogens is 1910 g/mol. The van der Waals surface area contributed by atoms with E-state index in [1.165, 1.54) is 45.2 Å². The number of hydrogen-bond donors (Lipinski definition) is 26. The standard InChI is InChI=1S/C102H138N24O20S/c1-57(2)45-73-94(140)124-86(59(5)6)99(145)122-79(54-127)96(142)123-80(87(133)112-53-82(104)129)55-147-56-83(130)113-74(46-60-23-11-8-12-24-60)90(136)118-75(48-63-36-40-67(128)41-37-63)92(138)120-78(51-84(131)132)93(139)119-77(50-66-52-111-69-30-18-17-29-68(66)69)95(141)125-85(58(3)4)98(144)121-76(47-62-34-38-65(39-35-62)64-27-15-10-16-28-64)91(137)114-70(32-21-43-109-101(105)106)88(134)116-72(31-19-20-42-103)100(146)126(7)81(49-61-25-13-9-14-26-61)97(143)115-71(89(135)117-73)33-22-44-110-102(107)108/h8-18,23-30,34-41,52,57-59,70-81,85-86,111,127-128H,19-22,31-33,42-51,53-56,103H2,1-7H3,(H2,104,129)(H,112,133)(H,113,130)(H,114,137)(H,115,143)(H,116,134)(H,117,135)(H,118,136)(H,119,139)(H,120,138)(H,121,144)(H,122,145)(H,123,142)(H,124,140)(H,125,141)(H,131,132)(H4,105,106,109)(H4,107,108,110)/t70-,71?,72-,73-,74-,75-,76-,77-,78-,79-,80-,81-,85-,86-/m0/s1. The van der Waals surface area contributed by atoms with E-state index < -0.39 is 246 Å². The van der Waals surface area contributed by atoms with Gasteiger partial charge in [0.05, 0.1) is 25.3 Å². The lowest BCUT2D eigenvalue weighted by Gasteiger charge is -2.33. The number of para-hydroxylation sites is 1. The van der Waals surface area contributed by atoms with Gasteiger partial charge in [-0.25, -0.2) is 0 Å². The Morgan fingerprint density at radius 3 is 1.35 bits per heavy atom. The minimum Gasteiger partial charge on any atom is -0.508 e. The van der Waals surface area contributed by atoms with E-state index in [1.54, 1.807) is 143 Å². The number of benzene rings is 6. The van der Waals surface area contributed by atoms with Crippen LogP contribution < -0.4 is 108 Å². The van der Waals surface area contributed by atoms with E-state index in [1.807, 2.05) is 30.3 Å². The number of nitrogens with two attached hydrogens (primary N) is 4. The lowest BCUT2D eigenvalue weighted by Crippen LogP contribution is -2.62. The lowest BCUT2D eigenvalue weighted by molar-refractivity contribution is -0.143. The van der Waals surface area contributed by atoms with Crippen molar-refractivity contribution in [2.24, 2.45) is 40.7 Å². The van der Waals surface area contributed by atoms with E-state index >= 15 is 47.9 Å². The number of carboxylic acid groups (broad SMARTS) is 1. The first-order valence-corrected chi connectivity index (χ1v) is 49.8. The zero-order valence-electron chi connectivity index (χ0n) is 83.3. The first-order chi connectivity index (χ1) is 70.1. The van der Waals surface area contributed by atoms with Crippen LogP contribution in [0.2, 0.25) is 0 Å². The van der Waals surface area contributed by atoms with E-state index in [0.29, 0.717) is 51.3 Å². The average Bonchev–Trinajstić information content (AvgIpc) is 1.23. The number of likely N-dealkylation sites (N-methyl/N-ethyl adjacent to an activating group) is 1. The number of nitrogens with one attached hydrogen (secondary N) is 19. The number of aromatic nitrogens is 1. The molecule has 0 spiro atoms. The molecule has 1 fully saturated rings. The smallest absolute Gasteiger partial charge is 0.305 e. The molecule has 1 unspecified atom stereocenters. The Morgan fingerprint density at radius 1 is 0.435 bits per heavy atom. The van der Waals surface area contributed by atoms with Gasteiger partial charge in [0.1, 0.15) is 90.3 Å². The Labute approximate surface area is 855 Å². The van der Waals surface area contributed by atoms with Gasteiger partial charge >= 0.3 is 5.97 Å². The SMILES string of the molecule is CC(C)C[C@@H]1NC(=O)C(CCCNC(=N)N)NC(=O)[C@H](Cc2ccccc2)N(C)C(=O)[C@H](CCCCN)NC(=O)[C@H](CCCNC(=N)N)NC(=O)[C@H](Cc2ccc(-c3ccccc3)cc2)NC(=O)[C@H](C(C)C)NC(=O)[C@H](Cc2c[nH]c3ccccc23)NC(=O)[C@H](CC(=O)O)NC(=O)[C@H](Cc2ccc(O)cc2)NC(=O)[C@H](Cc2ccccc2)NC(=O)CSC[C@@H](C(=O)NCC(N)=O)NC(=O)[C@H](CO)NC(=O)[C@H](C(C)C)NC1=O. The number of phenols is 1. The minimum atomic E-state index is -2.09. The van der Waals surface area contributed by atoms with Crippen molar-refractivity contribution in [3.05, 3.63) is 198 Å². The predicted octanol–water partition coefficient (Wildman–Crippen LogP) is -0.988. The van der Waals surface area contributed by atoms with Crippen LogP contribution in [-0.4, -0.2) is 274 Å². The summed E-state index contributed by atoms with van der Waals surface area (Å²) in [6.45, 7) is 7.83. The fourth-order valence-electron chi connectivity index (χ4n) is 16.3. The summed E-state index contributed by atoms with van der Waals surface area (Å²) in [5.74, 6) is -22.3. The number of unbranched alkanes of at least 4 members (excludes halogenated alkanes) is 1. The van der Waals surface area contributed by atoms with Crippen LogP contribution in [0.25, 0.3) is 22.0 Å². The van der Waals surface area contributed by atoms with Crippen molar-refractivity contribution in [2.75, 3.05) is 51.3 Å². The monoisotopic (exact) mass is 2050 g/mol. The molecule has 8 rings (SSSR count). The third-order valence-corrected chi connectivity index (χ3v) is 25.3. The number of nitrogens with zero attached hydrogens (tertiary/aromatic N) is 1. The molecule has 6 aromatic carbocycles. The van der Waals surface area contributed by atoms with E-state index in [0.717, 1.165) is 16.0 Å². The predicted molar refractivity (Wildman–Crippen MR) is 551 cm³/mol. The highest BCUT2D eigenvalue weighted by Crippen LogP contribution is 2.25. The third kappa shape index (κ3) is 38.5. The van der Waals surface area contributed by atoms with Crippen LogP contribution in [0, 0.1) is 28.6 Å². The lowest BCUT2D eigenvalue weighted by atomic mass is 9.98. The Hall–Kier alpha value is -15.5. The fourth-order valence-corrected chi connectivity index (χ4v) is 17.2. The molecule has 44 nitrogen and oxygen atoms in total. The molecule has 147 heavy (non-hydrogen) atoms. The quantitative estimate of drug-likeness (QED) is 0.0133. The summed E-state index contributed by atoms with van der Waals surface area (Å²) >= 11 is 0.704. The first kappa shape index (κ1) is 117. The first-order valence-electron chi connectivity index (χ1n) is 48.7. The summed E-state index contributed by atoms with van der Waals surface area (Å²) in [4.78, 5) is 256. The number of guanidine groups is 2. The number of aliphatic hydroxyl groups excluding tert-OH is 1. The second-order valence-corrected chi connectivity index (χ2v) is 38.1. The number of aliphatic hydroxyl groups is 1. The number of amides is 16. The summed E-state index contributed by atoms with van der Waals surface area (Å²) in [7, 11) is 1.31. The Balaban J connectivity index is 1.25. The molecule has 7 aromatic rings. The molecule has 792 valence electrons. The van der Waals surface area contributed by atoms with Gasteiger partial charge in [-0.3, -0.25) is 92.3 Å². The van der Waals surface area contributed by atoms with Crippen molar-refractivity contribution in [3.63, 3.8) is 0 Å². The normalized spacial score (nSPS) is 22.1. The van der Waals surface area contributed by atoms with Crippen molar-refractivity contribution >= 4 is 135 Å². The summed E-state index contributed by atoms with van der Waals surface area (Å²) < 4.78 is 0. The highest BCUT2D eigenvalue weighted by atomic mass is 32.2. The molecule has 0 radical (unpaired) electrons. The van der Waals surface area contributed by atoms with E-state index in [2.05, 4.69) is 90.1 Å². The van der Waals surface area contributed by atoms with Gasteiger partial charge in [0.2, 0.25) is 94.5 Å². The second-order valence-electron chi connectivity index (χ2n) is 37.1. The number of phenolic OH excluding ortho intramolecular Hbond substituents is 1. The van der Waals surface area contributed by atoms with Crippen molar-refractivity contribution in [2.45, 2.75) is 216 Å². The van der Waals surface area contributed by atoms with Gasteiger partial charge in [0, 0.05) is 75.1 Å². The Bertz CT molecular complexity index is 5670. The van der Waals surface area contributed by atoms with Gasteiger partial charge in [-0.05, 0) is 133 Å². The molecule has 16 amide bonds. The van der Waals surface area contributed by atoms with Crippen molar-refractivity contribution in [3.8, 4) is 16.9 Å². The van der Waals surface area contributed by atoms with E-state index in [4.69, 9.17) is 33.8 Å². The number of thioether (sulfide) groups is 1. The summed E-state index contributed by atoms with van der Waals surface area (Å²) in [5, 5.41) is 90.4. The number of aromatic amines is 1. The summed E-state index contributed by atoms with van der Waals surface area (Å²) in [6, 6.07) is 21.9. The van der Waals surface area contributed by atoms with Crippen LogP contribution in [-0.2, 0) is 114 Å². The van der Waals surface area contributed by atoms with Crippen LogP contribution in [0.3, 0.4) is 0 Å². The van der Waals surface area contributed by atoms with Gasteiger partial charge in [-0.1, -0.05) is 187 Å². The molecule has 2 heterocycles. The van der Waals surface area contributed by atoms with Crippen molar-refractivity contribution in [1.29, 1.82) is 10.8 Å². The molecule has 1 aliphatic heterocycles. The maximum atomic E-state index is 15.7. The van der Waals surface area contributed by atoms with Gasteiger partial charge in [0.25, 0.3) is 0 Å². The molecule has 14 atom stereocenters. The van der Waals surface area contributed by atoms with E-state index in [-0.39, 0.29) is 107 Å². The average molecular weight is 2050 g/mol. The van der Waals surface area contributed by atoms with Crippen molar-refractivity contribution < 1.29 is 96.8 Å². The van der Waals surface area contributed by atoms with Crippen molar-refractivity contribution in [1.82, 2.24) is 95.0 Å². The zero-order chi connectivity index (χ0) is 108. The van der Waals surface area contributed by atoms with Gasteiger partial charge in [0.15, 0.2) is 11.9 Å². The number of rotatable bonds is 33. The third-order valence-electron chi connectivity index (χ3n) is 24.2. The second kappa shape index (κ2) is 59.0. The van der Waals surface area contributed by atoms with E-state index in [9.17, 15) is 48.9 Å². The largest absolute Gasteiger partial charge is 0.508 e. The number of carbonyl (C=O) groups is 17. The maximum absolute atomic E-state index is 15.7. The highest BCUT2D eigenvalue weighted by molar-refractivity contribution is 8.00. The fraction of sp³-hybridized carbons (Fsp3) is 0.441. The number of H-pyrrole nitrogens is 1. The molecule has 1 saturated heterocycles. The molecule has 45 heteroatoms. The summed E-state index contributed by atoms with van der Waals surface area (Å²) in [5.41, 5.74) is 27.2. The number of hydrogen-bond acceptors (Lipinski definition) is 23. The Kier molecular flexibility index (Phi) is 46.9. The number of aromatic hydroxyl groups is 1. The topological polar surface area (TPSA) is 714 Å². The van der Waals surface area contributed by atoms with Crippen LogP contribution in [0.15, 0.2) is 170 Å². The molecule has 0 aliphatic carbocycles. The summed E-state index contributed by atoms with van der Waals surface area (Å²) in [6.07, 6.45) is -1.36. The van der Waals surface area contributed by atoms with Crippen LogP contribution >= 0.6 is 11.8 Å². The molecule has 30 N–H and O–H groups in total. The number of fused-ring (bicyclic) bond motifs is 1. The number of carboxylic acids is 1. The number of carbonyl (C=O) groups excluding carboxylic acids is 16. The molecule has 1 aromatic heterocycles. The number of aliphatic carboxylic acids is 1. The molecule has 0 saturated carbocycles. The van der Waals surface area contributed by atoms with Crippen LogP contribution in [0.1, 0.15) is 127 Å². The highest BCUT2D eigenvalue weighted by Gasteiger charge is 2.42. The van der Waals surface area contributed by atoms with Gasteiger partial charge in [-0.2, -0.15) is 0 Å². The number of primary amides is 1. The molecule has 0 bridgehead atoms. The molecule has 1 aliphatic rings. The zero-order valence-corrected chi connectivity index (χ0v) is 84.1. The Morgan fingerprint density at radius 2 is 0.844 bits per heavy atom. The van der Waals surface area contributed by atoms with Gasteiger partial charge in [-0.15, -0.1) is 11.8 Å². The van der Waals surface area contributed by atoms with Gasteiger partial charge < -0.3 is 133 Å². The molecular formula is C102H138N24O20S. The van der Waals surface area contributed by atoms with Crippen LogP contribution in [0.5, 0.6) is 5.75 Å². The van der Waals surface area contributed by atoms with Crippen LogP contribution in [0.4, 0.5) is 0 Å². The minimum absolute atomic E-state index is 0.0128.